The number of esters is 1. The summed E-state index contributed by atoms with van der Waals surface area (Å²) in [7, 11) is 0. The van der Waals surface area contributed by atoms with Gasteiger partial charge in [-0.2, -0.15) is 0 Å². The molecular formula is C11H11ClF2O3. The lowest BCUT2D eigenvalue weighted by Gasteiger charge is -2.15. The predicted octanol–water partition coefficient (Wildman–Crippen LogP) is 2.41. The number of benzene rings is 1. The third-order valence-corrected chi connectivity index (χ3v) is 2.36. The fourth-order valence-corrected chi connectivity index (χ4v) is 1.41. The Morgan fingerprint density at radius 1 is 1.59 bits per heavy atom. The summed E-state index contributed by atoms with van der Waals surface area (Å²) in [5.41, 5.74) is 0.0111. The maximum atomic E-state index is 13.4. The zero-order valence-corrected chi connectivity index (χ0v) is 9.75. The van der Waals surface area contributed by atoms with Crippen molar-refractivity contribution in [1.29, 1.82) is 0 Å². The van der Waals surface area contributed by atoms with Crippen LogP contribution in [0.25, 0.3) is 0 Å². The smallest absolute Gasteiger partial charge is 0.343 e. The van der Waals surface area contributed by atoms with Gasteiger partial charge in [-0.05, 0) is 24.6 Å². The van der Waals surface area contributed by atoms with E-state index in [2.05, 4.69) is 4.74 Å². The molecular weight excluding hydrogens is 254 g/mol. The number of aliphatic hydroxyl groups excluding tert-OH is 1. The van der Waals surface area contributed by atoms with E-state index in [9.17, 15) is 18.7 Å². The number of halogens is 3. The average molecular weight is 265 g/mol. The molecule has 0 aliphatic carbocycles. The molecule has 3 nitrogen and oxygen atoms in total. The molecule has 0 amide bonds. The number of carbonyl (C=O) groups excluding carboxylic acids is 1. The summed E-state index contributed by atoms with van der Waals surface area (Å²) in [6, 6.07) is 3.20. The van der Waals surface area contributed by atoms with E-state index in [0.29, 0.717) is 0 Å². The normalized spacial score (nSPS) is 14.2. The first-order valence-corrected chi connectivity index (χ1v) is 5.29. The van der Waals surface area contributed by atoms with Crippen LogP contribution in [0, 0.1) is 5.82 Å². The minimum absolute atomic E-state index is 0.0101. The monoisotopic (exact) mass is 264 g/mol. The summed E-state index contributed by atoms with van der Waals surface area (Å²) in [5, 5.41) is 9.29. The van der Waals surface area contributed by atoms with Crippen molar-refractivity contribution in [3.8, 4) is 0 Å². The summed E-state index contributed by atoms with van der Waals surface area (Å²) in [6.07, 6.45) is -3.95. The Labute approximate surface area is 102 Å². The lowest BCUT2D eigenvalue weighted by molar-refractivity contribution is -0.153. The molecule has 2 atom stereocenters. The van der Waals surface area contributed by atoms with Crippen LogP contribution in [0.4, 0.5) is 8.78 Å². The highest BCUT2D eigenvalue weighted by atomic mass is 35.5. The zero-order chi connectivity index (χ0) is 13.0. The molecule has 0 spiro atoms. The number of aliphatic hydroxyl groups is 1. The maximum Gasteiger partial charge on any atom is 0.343 e. The average Bonchev–Trinajstić information content (AvgIpc) is 2.31. The minimum atomic E-state index is -2.23. The summed E-state index contributed by atoms with van der Waals surface area (Å²) < 4.78 is 30.7. The molecule has 1 aromatic carbocycles. The topological polar surface area (TPSA) is 46.5 Å². The van der Waals surface area contributed by atoms with E-state index in [1.54, 1.807) is 0 Å². The van der Waals surface area contributed by atoms with Crippen molar-refractivity contribution in [1.82, 2.24) is 0 Å². The Bertz CT molecular complexity index is 412. The molecule has 0 aliphatic heterocycles. The van der Waals surface area contributed by atoms with E-state index in [1.165, 1.54) is 6.92 Å². The number of carbonyl (C=O) groups is 1. The molecule has 0 aliphatic rings. The van der Waals surface area contributed by atoms with Crippen LogP contribution in [0.5, 0.6) is 0 Å². The summed E-state index contributed by atoms with van der Waals surface area (Å²) in [4.78, 5) is 11.0. The molecule has 0 bridgehead atoms. The van der Waals surface area contributed by atoms with Crippen molar-refractivity contribution in [2.75, 3.05) is 6.61 Å². The van der Waals surface area contributed by atoms with Gasteiger partial charge in [0.2, 0.25) is 6.17 Å². The van der Waals surface area contributed by atoms with Gasteiger partial charge in [-0.25, -0.2) is 13.6 Å². The standard InChI is InChI=1S/C11H11ClF2O3/c1-2-17-11(16)9(14)10(15)6-3-4-8(13)7(12)5-6/h3-5,9-10,15H,2H2,1H3. The van der Waals surface area contributed by atoms with Gasteiger partial charge in [-0.3, -0.25) is 0 Å². The number of hydrogen-bond acceptors (Lipinski definition) is 3. The van der Waals surface area contributed by atoms with Crippen molar-refractivity contribution >= 4 is 17.6 Å². The van der Waals surface area contributed by atoms with Gasteiger partial charge < -0.3 is 9.84 Å². The zero-order valence-electron chi connectivity index (χ0n) is 8.99. The van der Waals surface area contributed by atoms with Crippen LogP contribution in [0.15, 0.2) is 18.2 Å². The Hall–Kier alpha value is -1.20. The highest BCUT2D eigenvalue weighted by molar-refractivity contribution is 6.30. The number of hydrogen-bond donors (Lipinski definition) is 1. The van der Waals surface area contributed by atoms with E-state index in [1.807, 2.05) is 0 Å². The Balaban J connectivity index is 2.84. The molecule has 1 rings (SSSR count). The lowest BCUT2D eigenvalue weighted by atomic mass is 10.1. The molecule has 1 aromatic rings. The van der Waals surface area contributed by atoms with E-state index in [4.69, 9.17) is 11.6 Å². The molecule has 0 aromatic heterocycles. The molecule has 0 saturated heterocycles. The molecule has 0 heterocycles. The SMILES string of the molecule is CCOC(=O)C(F)C(O)c1ccc(F)c(Cl)c1. The van der Waals surface area contributed by atoms with Gasteiger partial charge in [0.25, 0.3) is 0 Å². The largest absolute Gasteiger partial charge is 0.464 e. The summed E-state index contributed by atoms with van der Waals surface area (Å²) in [6.45, 7) is 1.53. The van der Waals surface area contributed by atoms with Gasteiger partial charge in [0.1, 0.15) is 11.9 Å². The highest BCUT2D eigenvalue weighted by Crippen LogP contribution is 2.24. The van der Waals surface area contributed by atoms with Gasteiger partial charge in [0.05, 0.1) is 11.6 Å². The summed E-state index contributed by atoms with van der Waals surface area (Å²) in [5.74, 6) is -1.85. The lowest BCUT2D eigenvalue weighted by Crippen LogP contribution is -2.26. The number of ether oxygens (including phenoxy) is 1. The molecule has 6 heteroatoms. The second-order valence-electron chi connectivity index (χ2n) is 3.27. The molecule has 1 N–H and O–H groups in total. The van der Waals surface area contributed by atoms with Gasteiger partial charge in [-0.15, -0.1) is 0 Å². The van der Waals surface area contributed by atoms with E-state index < -0.39 is 24.1 Å². The quantitative estimate of drug-likeness (QED) is 0.850. The first-order valence-electron chi connectivity index (χ1n) is 4.91. The van der Waals surface area contributed by atoms with Crippen LogP contribution < -0.4 is 0 Å². The molecule has 94 valence electrons. The van der Waals surface area contributed by atoms with Gasteiger partial charge in [0.15, 0.2) is 0 Å². The molecule has 0 radical (unpaired) electrons. The molecule has 0 fully saturated rings. The van der Waals surface area contributed by atoms with Crippen LogP contribution >= 0.6 is 11.6 Å². The summed E-state index contributed by atoms with van der Waals surface area (Å²) >= 11 is 5.48. The minimum Gasteiger partial charge on any atom is -0.464 e. The van der Waals surface area contributed by atoms with Crippen molar-refractivity contribution in [3.63, 3.8) is 0 Å². The van der Waals surface area contributed by atoms with Crippen molar-refractivity contribution in [2.45, 2.75) is 19.2 Å². The van der Waals surface area contributed by atoms with Crippen LogP contribution in [0.3, 0.4) is 0 Å². The van der Waals surface area contributed by atoms with E-state index in [0.717, 1.165) is 18.2 Å². The molecule has 17 heavy (non-hydrogen) atoms. The van der Waals surface area contributed by atoms with E-state index >= 15 is 0 Å². The van der Waals surface area contributed by atoms with Crippen LogP contribution in [0.1, 0.15) is 18.6 Å². The van der Waals surface area contributed by atoms with Crippen LogP contribution in [-0.2, 0) is 9.53 Å². The third kappa shape index (κ3) is 3.38. The predicted molar refractivity (Wildman–Crippen MR) is 57.9 cm³/mol. The number of alkyl halides is 1. The first kappa shape index (κ1) is 13.9. The molecule has 0 saturated carbocycles. The van der Waals surface area contributed by atoms with Crippen LogP contribution in [-0.4, -0.2) is 23.9 Å². The Morgan fingerprint density at radius 3 is 2.76 bits per heavy atom. The fourth-order valence-electron chi connectivity index (χ4n) is 1.22. The maximum absolute atomic E-state index is 13.4. The Morgan fingerprint density at radius 2 is 2.24 bits per heavy atom. The first-order chi connectivity index (χ1) is 7.97. The van der Waals surface area contributed by atoms with Gasteiger partial charge >= 0.3 is 5.97 Å². The van der Waals surface area contributed by atoms with Gasteiger partial charge in [-0.1, -0.05) is 17.7 Å². The third-order valence-electron chi connectivity index (χ3n) is 2.07. The highest BCUT2D eigenvalue weighted by Gasteiger charge is 2.29. The second-order valence-corrected chi connectivity index (χ2v) is 3.68. The van der Waals surface area contributed by atoms with Crippen LogP contribution in [0.2, 0.25) is 5.02 Å². The molecule has 2 unspecified atom stereocenters. The van der Waals surface area contributed by atoms with Crippen molar-refractivity contribution in [2.24, 2.45) is 0 Å². The van der Waals surface area contributed by atoms with Crippen molar-refractivity contribution in [3.05, 3.63) is 34.6 Å². The second kappa shape index (κ2) is 5.93. The van der Waals surface area contributed by atoms with Crippen molar-refractivity contribution < 1.29 is 23.4 Å². The van der Waals surface area contributed by atoms with Gasteiger partial charge in [0, 0.05) is 0 Å². The fraction of sp³-hybridized carbons (Fsp3) is 0.364. The van der Waals surface area contributed by atoms with E-state index in [-0.39, 0.29) is 17.2 Å². The Kier molecular flexibility index (Phi) is 4.84. The number of rotatable bonds is 4.